The fourth-order valence-electron chi connectivity index (χ4n) is 2.69. The Bertz CT molecular complexity index is 756. The number of carboxylic acids is 1. The molecule has 0 aromatic heterocycles. The van der Waals surface area contributed by atoms with Gasteiger partial charge >= 0.3 is 5.97 Å². The zero-order valence-corrected chi connectivity index (χ0v) is 14.4. The van der Waals surface area contributed by atoms with Crippen LogP contribution in [0, 0.1) is 5.92 Å². The largest absolute Gasteiger partial charge is 0.497 e. The molecule has 2 atom stereocenters. The summed E-state index contributed by atoms with van der Waals surface area (Å²) >= 11 is 0. The first kappa shape index (κ1) is 17.8. The first-order chi connectivity index (χ1) is 11.3. The second-order valence-corrected chi connectivity index (χ2v) is 6.15. The second kappa shape index (κ2) is 7.34. The summed E-state index contributed by atoms with van der Waals surface area (Å²) in [6, 6.07) is 11.7. The predicted octanol–water partition coefficient (Wildman–Crippen LogP) is 3.13. The lowest BCUT2D eigenvalue weighted by Gasteiger charge is -2.23. The molecule has 0 aliphatic carbocycles. The summed E-state index contributed by atoms with van der Waals surface area (Å²) in [6.45, 7) is 3.64. The molecule has 2 rings (SSSR count). The third-order valence-corrected chi connectivity index (χ3v) is 4.29. The first-order valence-corrected chi connectivity index (χ1v) is 7.89. The molecule has 5 nitrogen and oxygen atoms in total. The van der Waals surface area contributed by atoms with Crippen molar-refractivity contribution in [2.45, 2.75) is 19.8 Å². The highest BCUT2D eigenvalue weighted by atomic mass is 16.5. The van der Waals surface area contributed by atoms with Crippen LogP contribution in [0.15, 0.2) is 36.4 Å². The summed E-state index contributed by atoms with van der Waals surface area (Å²) in [6.07, 6.45) is 0. The van der Waals surface area contributed by atoms with Crippen LogP contribution in [-0.4, -0.2) is 42.6 Å². The van der Waals surface area contributed by atoms with Crippen molar-refractivity contribution in [1.29, 1.82) is 0 Å². The third-order valence-electron chi connectivity index (χ3n) is 4.29. The topological polar surface area (TPSA) is 66.8 Å². The third kappa shape index (κ3) is 3.85. The quantitative estimate of drug-likeness (QED) is 0.884. The fourth-order valence-corrected chi connectivity index (χ4v) is 2.69. The molecule has 1 amide bonds. The Kier molecular flexibility index (Phi) is 5.44. The van der Waals surface area contributed by atoms with E-state index in [4.69, 9.17) is 9.84 Å². The highest BCUT2D eigenvalue weighted by molar-refractivity contribution is 5.88. The van der Waals surface area contributed by atoms with Gasteiger partial charge in [0, 0.05) is 13.6 Å². The Morgan fingerprint density at radius 2 is 1.75 bits per heavy atom. The summed E-state index contributed by atoms with van der Waals surface area (Å²) in [7, 11) is 3.27. The summed E-state index contributed by atoms with van der Waals surface area (Å²) in [5, 5.41) is 11.1. The number of hydrogen-bond acceptors (Lipinski definition) is 3. The highest BCUT2D eigenvalue weighted by Crippen LogP contribution is 2.26. The lowest BCUT2D eigenvalue weighted by molar-refractivity contribution is -0.142. The average molecular weight is 329 g/mol. The van der Waals surface area contributed by atoms with Gasteiger partial charge in [0.1, 0.15) is 5.75 Å². The number of hydrogen-bond donors (Lipinski definition) is 1. The Morgan fingerprint density at radius 1 is 1.12 bits per heavy atom. The van der Waals surface area contributed by atoms with Crippen molar-refractivity contribution in [1.82, 2.24) is 4.90 Å². The molecule has 128 valence electrons. The predicted molar refractivity (Wildman–Crippen MR) is 93.4 cm³/mol. The summed E-state index contributed by atoms with van der Waals surface area (Å²) in [5.74, 6) is -1.11. The Hall–Kier alpha value is -2.56. The lowest BCUT2D eigenvalue weighted by Crippen LogP contribution is -2.36. The molecule has 24 heavy (non-hydrogen) atoms. The minimum atomic E-state index is -0.901. The number of ether oxygens (including phenoxy) is 1. The van der Waals surface area contributed by atoms with Crippen molar-refractivity contribution in [3.05, 3.63) is 42.0 Å². The molecule has 0 bridgehead atoms. The molecule has 2 aromatic rings. The number of likely N-dealkylation sites (N-methyl/N-ethyl adjacent to an activating group) is 1. The van der Waals surface area contributed by atoms with Gasteiger partial charge in [0.25, 0.3) is 0 Å². The summed E-state index contributed by atoms with van der Waals surface area (Å²) < 4.78 is 5.22. The van der Waals surface area contributed by atoms with Crippen LogP contribution in [0.25, 0.3) is 10.8 Å². The van der Waals surface area contributed by atoms with E-state index in [1.54, 1.807) is 21.1 Å². The Morgan fingerprint density at radius 3 is 2.38 bits per heavy atom. The van der Waals surface area contributed by atoms with Crippen LogP contribution < -0.4 is 4.74 Å². The maximum Gasteiger partial charge on any atom is 0.308 e. The van der Waals surface area contributed by atoms with Crippen molar-refractivity contribution in [3.63, 3.8) is 0 Å². The molecule has 0 aliphatic rings. The zero-order chi connectivity index (χ0) is 17.9. The number of nitrogens with zero attached hydrogens (tertiary/aromatic N) is 1. The van der Waals surface area contributed by atoms with Gasteiger partial charge in [0.05, 0.1) is 18.9 Å². The van der Waals surface area contributed by atoms with Crippen LogP contribution in [0.2, 0.25) is 0 Å². The van der Waals surface area contributed by atoms with Gasteiger partial charge in [-0.1, -0.05) is 31.2 Å². The van der Waals surface area contributed by atoms with Gasteiger partial charge in [-0.15, -0.1) is 0 Å². The number of aliphatic carboxylic acids is 1. The molecule has 0 heterocycles. The minimum Gasteiger partial charge on any atom is -0.497 e. The van der Waals surface area contributed by atoms with E-state index < -0.39 is 11.9 Å². The standard InChI is InChI=1S/C19H23NO4/c1-12(19(22)23)11-20(3)18(21)13(2)14-5-6-16-10-17(24-4)8-7-15(16)9-14/h5-10,12-13H,11H2,1-4H3,(H,22,23). The smallest absolute Gasteiger partial charge is 0.308 e. The lowest BCUT2D eigenvalue weighted by atomic mass is 9.96. The summed E-state index contributed by atoms with van der Waals surface area (Å²) in [5.41, 5.74) is 0.910. The van der Waals surface area contributed by atoms with Crippen molar-refractivity contribution in [2.75, 3.05) is 20.7 Å². The van der Waals surface area contributed by atoms with Crippen LogP contribution in [0.5, 0.6) is 5.75 Å². The molecule has 0 radical (unpaired) electrons. The van der Waals surface area contributed by atoms with E-state index >= 15 is 0 Å². The number of carbonyl (C=O) groups excluding carboxylic acids is 1. The van der Waals surface area contributed by atoms with Gasteiger partial charge in [0.15, 0.2) is 0 Å². The number of methoxy groups -OCH3 is 1. The van der Waals surface area contributed by atoms with E-state index in [9.17, 15) is 9.59 Å². The first-order valence-electron chi connectivity index (χ1n) is 7.89. The molecule has 1 N–H and O–H groups in total. The van der Waals surface area contributed by atoms with Gasteiger partial charge in [-0.05, 0) is 35.4 Å². The fraction of sp³-hybridized carbons (Fsp3) is 0.368. The molecule has 2 aromatic carbocycles. The highest BCUT2D eigenvalue weighted by Gasteiger charge is 2.23. The van der Waals surface area contributed by atoms with Crippen molar-refractivity contribution in [2.24, 2.45) is 5.92 Å². The number of carbonyl (C=O) groups is 2. The molecule has 5 heteroatoms. The second-order valence-electron chi connectivity index (χ2n) is 6.15. The van der Waals surface area contributed by atoms with E-state index in [0.717, 1.165) is 22.1 Å². The van der Waals surface area contributed by atoms with Gasteiger partial charge in [-0.25, -0.2) is 0 Å². The summed E-state index contributed by atoms with van der Waals surface area (Å²) in [4.78, 5) is 25.0. The number of carboxylic acid groups (broad SMARTS) is 1. The van der Waals surface area contributed by atoms with Crippen LogP contribution >= 0.6 is 0 Å². The molecule has 0 saturated heterocycles. The zero-order valence-electron chi connectivity index (χ0n) is 14.4. The SMILES string of the molecule is COc1ccc2cc(C(C)C(=O)N(C)CC(C)C(=O)O)ccc2c1. The van der Waals surface area contributed by atoms with E-state index in [1.165, 1.54) is 4.90 Å². The van der Waals surface area contributed by atoms with Crippen LogP contribution in [-0.2, 0) is 9.59 Å². The molecule has 0 fully saturated rings. The maximum atomic E-state index is 12.6. The normalized spacial score (nSPS) is 13.3. The number of rotatable bonds is 6. The molecule has 2 unspecified atom stereocenters. The molecule has 0 saturated carbocycles. The van der Waals surface area contributed by atoms with Gasteiger partial charge in [-0.2, -0.15) is 0 Å². The van der Waals surface area contributed by atoms with E-state index in [0.29, 0.717) is 0 Å². The van der Waals surface area contributed by atoms with Crippen LogP contribution in [0.3, 0.4) is 0 Å². The van der Waals surface area contributed by atoms with Gasteiger partial charge < -0.3 is 14.7 Å². The van der Waals surface area contributed by atoms with Crippen LogP contribution in [0.4, 0.5) is 0 Å². The van der Waals surface area contributed by atoms with Crippen LogP contribution in [0.1, 0.15) is 25.3 Å². The number of benzene rings is 2. The molecule has 0 spiro atoms. The van der Waals surface area contributed by atoms with Crippen molar-refractivity contribution >= 4 is 22.6 Å². The number of amides is 1. The van der Waals surface area contributed by atoms with Crippen molar-refractivity contribution < 1.29 is 19.4 Å². The molecular weight excluding hydrogens is 306 g/mol. The van der Waals surface area contributed by atoms with E-state index in [1.807, 2.05) is 43.3 Å². The monoisotopic (exact) mass is 329 g/mol. The van der Waals surface area contributed by atoms with Gasteiger partial charge in [0.2, 0.25) is 5.91 Å². The average Bonchev–Trinajstić information content (AvgIpc) is 2.59. The minimum absolute atomic E-state index is 0.0871. The molecular formula is C19H23NO4. The Balaban J connectivity index is 2.19. The Labute approximate surface area is 141 Å². The molecule has 0 aliphatic heterocycles. The van der Waals surface area contributed by atoms with E-state index in [2.05, 4.69) is 0 Å². The maximum absolute atomic E-state index is 12.6. The number of fused-ring (bicyclic) bond motifs is 1. The van der Waals surface area contributed by atoms with E-state index in [-0.39, 0.29) is 18.4 Å². The van der Waals surface area contributed by atoms with Crippen molar-refractivity contribution in [3.8, 4) is 5.75 Å². The van der Waals surface area contributed by atoms with Gasteiger partial charge in [-0.3, -0.25) is 9.59 Å².